The van der Waals surface area contributed by atoms with Gasteiger partial charge in [-0.1, -0.05) is 12.1 Å². The van der Waals surface area contributed by atoms with Crippen LogP contribution in [-0.2, 0) is 4.74 Å². The van der Waals surface area contributed by atoms with Crippen LogP contribution in [0.15, 0.2) is 18.2 Å². The van der Waals surface area contributed by atoms with Crippen molar-refractivity contribution >= 4 is 0 Å². The minimum atomic E-state index is -0.170. The maximum atomic E-state index is 13.5. The fourth-order valence-corrected chi connectivity index (χ4v) is 1.90. The maximum absolute atomic E-state index is 13.5. The Labute approximate surface area is 89.7 Å². The van der Waals surface area contributed by atoms with E-state index in [0.29, 0.717) is 5.56 Å². The van der Waals surface area contributed by atoms with Crippen molar-refractivity contribution in [1.82, 2.24) is 4.90 Å². The average Bonchev–Trinajstić information content (AvgIpc) is 2.30. The molecule has 1 aliphatic rings. The highest BCUT2D eigenvalue weighted by molar-refractivity contribution is 5.19. The Bertz CT molecular complexity index is 323. The van der Waals surface area contributed by atoms with E-state index in [1.807, 2.05) is 6.92 Å². The first-order valence-electron chi connectivity index (χ1n) is 5.27. The molecule has 0 spiro atoms. The van der Waals surface area contributed by atoms with Crippen LogP contribution in [0, 0.1) is 11.9 Å². The summed E-state index contributed by atoms with van der Waals surface area (Å²) in [4.78, 5) is 2.22. The third-order valence-corrected chi connectivity index (χ3v) is 2.85. The van der Waals surface area contributed by atoms with Crippen molar-refractivity contribution in [2.75, 3.05) is 26.3 Å². The number of benzene rings is 1. The summed E-state index contributed by atoms with van der Waals surface area (Å²) in [7, 11) is 0. The van der Waals surface area contributed by atoms with E-state index in [2.05, 4.69) is 11.0 Å². The van der Waals surface area contributed by atoms with Gasteiger partial charge >= 0.3 is 0 Å². The second kappa shape index (κ2) is 4.73. The summed E-state index contributed by atoms with van der Waals surface area (Å²) in [5, 5.41) is 0. The van der Waals surface area contributed by atoms with Crippen molar-refractivity contribution in [1.29, 1.82) is 0 Å². The van der Waals surface area contributed by atoms with Crippen LogP contribution in [0.1, 0.15) is 18.5 Å². The van der Waals surface area contributed by atoms with Gasteiger partial charge in [0.25, 0.3) is 0 Å². The molecule has 0 bridgehead atoms. The molecule has 0 saturated carbocycles. The summed E-state index contributed by atoms with van der Waals surface area (Å²) in [6.45, 7) is 5.21. The van der Waals surface area contributed by atoms with E-state index in [1.165, 1.54) is 6.07 Å². The standard InChI is InChI=1S/C12H15FNO/c1-10(14-6-8-15-9-7-14)11-4-2-3-5-12(11)13/h2-3,5,10H,6-9H2,1H3. The van der Waals surface area contributed by atoms with E-state index >= 15 is 0 Å². The lowest BCUT2D eigenvalue weighted by Crippen LogP contribution is -2.38. The lowest BCUT2D eigenvalue weighted by molar-refractivity contribution is 0.0191. The fourth-order valence-electron chi connectivity index (χ4n) is 1.90. The number of nitrogens with zero attached hydrogens (tertiary/aromatic N) is 1. The van der Waals surface area contributed by atoms with Gasteiger partial charge in [0, 0.05) is 24.7 Å². The molecule has 2 rings (SSSR count). The van der Waals surface area contributed by atoms with E-state index in [4.69, 9.17) is 4.74 Å². The molecule has 1 atom stereocenters. The average molecular weight is 208 g/mol. The van der Waals surface area contributed by atoms with Crippen LogP contribution in [0.5, 0.6) is 0 Å². The van der Waals surface area contributed by atoms with Gasteiger partial charge in [-0.25, -0.2) is 4.39 Å². The zero-order valence-corrected chi connectivity index (χ0v) is 8.87. The lowest BCUT2D eigenvalue weighted by Gasteiger charge is -2.32. The largest absolute Gasteiger partial charge is 0.379 e. The SMILES string of the molecule is CC(c1[c]cccc1F)N1CCOCC1. The third kappa shape index (κ3) is 2.36. The molecule has 1 heterocycles. The van der Waals surface area contributed by atoms with Gasteiger partial charge in [-0.3, -0.25) is 4.90 Å². The molecule has 1 aliphatic heterocycles. The van der Waals surface area contributed by atoms with Crippen LogP contribution < -0.4 is 0 Å². The minimum Gasteiger partial charge on any atom is -0.379 e. The van der Waals surface area contributed by atoms with Gasteiger partial charge in [0.05, 0.1) is 13.2 Å². The molecule has 0 amide bonds. The van der Waals surface area contributed by atoms with Crippen LogP contribution in [0.2, 0.25) is 0 Å². The molecule has 15 heavy (non-hydrogen) atoms. The molecule has 1 aromatic rings. The highest BCUT2D eigenvalue weighted by Gasteiger charge is 2.20. The smallest absolute Gasteiger partial charge is 0.128 e. The molecule has 0 aliphatic carbocycles. The molecule has 1 saturated heterocycles. The molecule has 1 radical (unpaired) electrons. The van der Waals surface area contributed by atoms with Gasteiger partial charge in [0.15, 0.2) is 0 Å². The van der Waals surface area contributed by atoms with Crippen LogP contribution >= 0.6 is 0 Å². The van der Waals surface area contributed by atoms with E-state index < -0.39 is 0 Å². The van der Waals surface area contributed by atoms with E-state index in [9.17, 15) is 4.39 Å². The van der Waals surface area contributed by atoms with E-state index in [0.717, 1.165) is 26.3 Å². The second-order valence-corrected chi connectivity index (χ2v) is 3.76. The van der Waals surface area contributed by atoms with E-state index in [1.54, 1.807) is 12.1 Å². The Kier molecular flexibility index (Phi) is 3.34. The molecule has 1 fully saturated rings. The van der Waals surface area contributed by atoms with Crippen molar-refractivity contribution in [2.24, 2.45) is 0 Å². The van der Waals surface area contributed by atoms with Crippen molar-refractivity contribution in [3.05, 3.63) is 35.6 Å². The highest BCUT2D eigenvalue weighted by atomic mass is 19.1. The molecule has 1 aromatic carbocycles. The zero-order chi connectivity index (χ0) is 10.7. The van der Waals surface area contributed by atoms with E-state index in [-0.39, 0.29) is 11.9 Å². The van der Waals surface area contributed by atoms with Crippen molar-refractivity contribution in [3.8, 4) is 0 Å². The Morgan fingerprint density at radius 1 is 1.47 bits per heavy atom. The van der Waals surface area contributed by atoms with Crippen LogP contribution in [0.4, 0.5) is 4.39 Å². The zero-order valence-electron chi connectivity index (χ0n) is 8.87. The van der Waals surface area contributed by atoms with Crippen LogP contribution in [0.25, 0.3) is 0 Å². The molecular weight excluding hydrogens is 193 g/mol. The predicted molar refractivity (Wildman–Crippen MR) is 56.0 cm³/mol. The number of ether oxygens (including phenoxy) is 1. The van der Waals surface area contributed by atoms with Gasteiger partial charge in [-0.05, 0) is 19.1 Å². The summed E-state index contributed by atoms with van der Waals surface area (Å²) >= 11 is 0. The van der Waals surface area contributed by atoms with Crippen LogP contribution in [-0.4, -0.2) is 31.2 Å². The van der Waals surface area contributed by atoms with Crippen molar-refractivity contribution in [2.45, 2.75) is 13.0 Å². The molecule has 0 aromatic heterocycles. The normalized spacial score (nSPS) is 20.1. The Hall–Kier alpha value is -0.930. The molecular formula is C12H15FNO. The monoisotopic (exact) mass is 208 g/mol. The second-order valence-electron chi connectivity index (χ2n) is 3.76. The van der Waals surface area contributed by atoms with Gasteiger partial charge in [0.1, 0.15) is 5.82 Å². The van der Waals surface area contributed by atoms with Gasteiger partial charge in [0.2, 0.25) is 0 Å². The van der Waals surface area contributed by atoms with Gasteiger partial charge in [-0.15, -0.1) is 0 Å². The summed E-state index contributed by atoms with van der Waals surface area (Å²) in [5.41, 5.74) is 0.652. The summed E-state index contributed by atoms with van der Waals surface area (Å²) < 4.78 is 18.8. The first kappa shape index (κ1) is 10.6. The third-order valence-electron chi connectivity index (χ3n) is 2.85. The Morgan fingerprint density at radius 2 is 2.20 bits per heavy atom. The number of morpholine rings is 1. The van der Waals surface area contributed by atoms with Crippen molar-refractivity contribution < 1.29 is 9.13 Å². The lowest BCUT2D eigenvalue weighted by atomic mass is 10.1. The molecule has 3 heteroatoms. The topological polar surface area (TPSA) is 12.5 Å². The molecule has 1 unspecified atom stereocenters. The predicted octanol–water partition coefficient (Wildman–Crippen LogP) is 2.02. The Balaban J connectivity index is 2.12. The summed E-state index contributed by atoms with van der Waals surface area (Å²) in [5.74, 6) is -0.170. The number of hydrogen-bond acceptors (Lipinski definition) is 2. The Morgan fingerprint density at radius 3 is 2.87 bits per heavy atom. The summed E-state index contributed by atoms with van der Waals surface area (Å²) in [6, 6.07) is 7.97. The number of rotatable bonds is 2. The molecule has 2 nitrogen and oxygen atoms in total. The fraction of sp³-hybridized carbons (Fsp3) is 0.500. The first-order chi connectivity index (χ1) is 7.29. The van der Waals surface area contributed by atoms with Gasteiger partial charge < -0.3 is 4.74 Å². The molecule has 81 valence electrons. The van der Waals surface area contributed by atoms with Gasteiger partial charge in [-0.2, -0.15) is 0 Å². The number of halogens is 1. The minimum absolute atomic E-state index is 0.0788. The number of hydrogen-bond donors (Lipinski definition) is 0. The van der Waals surface area contributed by atoms with Crippen LogP contribution in [0.3, 0.4) is 0 Å². The first-order valence-corrected chi connectivity index (χ1v) is 5.27. The maximum Gasteiger partial charge on any atom is 0.128 e. The van der Waals surface area contributed by atoms with Crippen molar-refractivity contribution in [3.63, 3.8) is 0 Å². The molecule has 0 N–H and O–H groups in total. The summed E-state index contributed by atoms with van der Waals surface area (Å²) in [6.07, 6.45) is 0. The highest BCUT2D eigenvalue weighted by Crippen LogP contribution is 2.22. The quantitative estimate of drug-likeness (QED) is 0.737.